The Morgan fingerprint density at radius 3 is 2.62 bits per heavy atom. The first kappa shape index (κ1) is 22.8. The largest absolute Gasteiger partial charge is 0.345 e. The summed E-state index contributed by atoms with van der Waals surface area (Å²) in [5.41, 5.74) is 6.17. The molecule has 0 saturated carbocycles. The number of nitrogens with one attached hydrogen (secondary N) is 1. The Balaban J connectivity index is 1.56. The lowest BCUT2D eigenvalue weighted by Gasteiger charge is -2.42. The lowest BCUT2D eigenvalue weighted by molar-refractivity contribution is 0.424. The number of rotatable bonds is 3. The summed E-state index contributed by atoms with van der Waals surface area (Å²) >= 11 is 0. The third-order valence-electron chi connectivity index (χ3n) is 6.46. The van der Waals surface area contributed by atoms with Gasteiger partial charge in [0.2, 0.25) is 0 Å². The average Bonchev–Trinajstić information content (AvgIpc) is 3.47. The maximum atomic E-state index is 14.1. The molecular formula is C27H24N8OSi. The predicted octanol–water partition coefficient (Wildman–Crippen LogP) is 3.81. The smallest absolute Gasteiger partial charge is 0.283 e. The number of hydrogen-bond donors (Lipinski definition) is 1. The molecule has 182 valence electrons. The van der Waals surface area contributed by atoms with Gasteiger partial charge in [0, 0.05) is 18.9 Å². The van der Waals surface area contributed by atoms with E-state index in [1.165, 1.54) is 6.33 Å². The first-order valence-electron chi connectivity index (χ1n) is 12.1. The van der Waals surface area contributed by atoms with Gasteiger partial charge in [0.25, 0.3) is 5.56 Å². The molecule has 1 N–H and O–H groups in total. The molecule has 6 rings (SSSR count). The number of aromatic nitrogens is 6. The van der Waals surface area contributed by atoms with Crippen molar-refractivity contribution in [2.45, 2.75) is 32.1 Å². The lowest BCUT2D eigenvalue weighted by atomic mass is 10.0. The van der Waals surface area contributed by atoms with Gasteiger partial charge in [0.15, 0.2) is 5.82 Å². The Morgan fingerprint density at radius 2 is 1.92 bits per heavy atom. The van der Waals surface area contributed by atoms with Gasteiger partial charge in [-0.15, -0.1) is 5.54 Å². The second-order valence-corrected chi connectivity index (χ2v) is 14.8. The van der Waals surface area contributed by atoms with Crippen LogP contribution in [-0.4, -0.2) is 43.8 Å². The van der Waals surface area contributed by atoms with Crippen LogP contribution in [0.15, 0.2) is 59.9 Å². The highest BCUT2D eigenvalue weighted by molar-refractivity contribution is 6.83. The van der Waals surface area contributed by atoms with Crippen LogP contribution in [0.3, 0.4) is 0 Å². The molecule has 1 atom stereocenters. The van der Waals surface area contributed by atoms with Gasteiger partial charge >= 0.3 is 0 Å². The van der Waals surface area contributed by atoms with Crippen LogP contribution in [0.5, 0.6) is 0 Å². The van der Waals surface area contributed by atoms with Gasteiger partial charge in [-0.1, -0.05) is 43.8 Å². The van der Waals surface area contributed by atoms with Gasteiger partial charge < -0.3 is 9.88 Å². The molecular weight excluding hydrogens is 480 g/mol. The maximum Gasteiger partial charge on any atom is 0.283 e. The summed E-state index contributed by atoms with van der Waals surface area (Å²) in [5, 5.41) is 15.3. The van der Waals surface area contributed by atoms with Gasteiger partial charge in [-0.2, -0.15) is 10.4 Å². The van der Waals surface area contributed by atoms with E-state index in [9.17, 15) is 10.1 Å². The summed E-state index contributed by atoms with van der Waals surface area (Å²) in [4.78, 5) is 28.0. The molecule has 4 aromatic heterocycles. The van der Waals surface area contributed by atoms with Crippen LogP contribution < -0.4 is 10.5 Å². The second kappa shape index (κ2) is 8.47. The zero-order chi connectivity index (χ0) is 25.7. The number of para-hydroxylation sites is 1. The Bertz CT molecular complexity index is 1830. The van der Waals surface area contributed by atoms with Crippen LogP contribution >= 0.6 is 0 Å². The van der Waals surface area contributed by atoms with Gasteiger partial charge in [0.05, 0.1) is 28.2 Å². The standard InChI is InChI=1S/C27H24N8OSi/c1-37(2,3)14-11-18-9-13-34-23(18)27(36)35(20-7-5-4-6-8-20)25(32-34)21-10-12-33(21)26-22-19(15-28)16-29-24(22)30-17-31-26/h4-9,13,16-17,21H,10,12H2,1-3H3,(H,29,30,31). The summed E-state index contributed by atoms with van der Waals surface area (Å²) in [6.07, 6.45) is 5.72. The monoisotopic (exact) mass is 504 g/mol. The fraction of sp³-hybridized carbons (Fsp3) is 0.222. The summed E-state index contributed by atoms with van der Waals surface area (Å²) in [6.45, 7) is 7.24. The van der Waals surface area contributed by atoms with Crippen molar-refractivity contribution in [3.63, 3.8) is 0 Å². The van der Waals surface area contributed by atoms with E-state index in [1.807, 2.05) is 36.4 Å². The van der Waals surface area contributed by atoms with E-state index in [0.29, 0.717) is 45.9 Å². The van der Waals surface area contributed by atoms with Gasteiger partial charge in [-0.3, -0.25) is 9.36 Å². The summed E-state index contributed by atoms with van der Waals surface area (Å²) in [7, 11) is -1.64. The molecule has 0 radical (unpaired) electrons. The van der Waals surface area contributed by atoms with Crippen LogP contribution in [0.1, 0.15) is 29.4 Å². The SMILES string of the molecule is C[Si](C)(C)C#Cc1ccn2nc(C3CCN3c3ncnc4[nH]cc(C#N)c34)n(-c3ccccc3)c(=O)c12. The minimum Gasteiger partial charge on any atom is -0.345 e. The normalized spacial score (nSPS) is 15.3. The van der Waals surface area contributed by atoms with Crippen LogP contribution in [0.4, 0.5) is 5.82 Å². The number of fused-ring (bicyclic) bond motifs is 2. The summed E-state index contributed by atoms with van der Waals surface area (Å²) in [5.74, 6) is 4.51. The first-order chi connectivity index (χ1) is 17.9. The molecule has 1 unspecified atom stereocenters. The third kappa shape index (κ3) is 3.79. The molecule has 1 aliphatic rings. The van der Waals surface area contributed by atoms with Crippen molar-refractivity contribution >= 4 is 30.4 Å². The zero-order valence-electron chi connectivity index (χ0n) is 20.7. The second-order valence-electron chi connectivity index (χ2n) is 10.1. The molecule has 5 aromatic rings. The molecule has 0 spiro atoms. The Morgan fingerprint density at radius 1 is 1.11 bits per heavy atom. The fourth-order valence-electron chi connectivity index (χ4n) is 4.64. The maximum absolute atomic E-state index is 14.1. The molecule has 0 bridgehead atoms. The van der Waals surface area contributed by atoms with E-state index < -0.39 is 8.07 Å². The van der Waals surface area contributed by atoms with Crippen molar-refractivity contribution in [3.8, 4) is 23.2 Å². The van der Waals surface area contributed by atoms with Crippen molar-refractivity contribution in [1.82, 2.24) is 29.1 Å². The van der Waals surface area contributed by atoms with Gasteiger partial charge in [-0.25, -0.2) is 14.5 Å². The number of nitrogens with zero attached hydrogens (tertiary/aromatic N) is 7. The fourth-order valence-corrected chi connectivity index (χ4v) is 5.15. The van der Waals surface area contributed by atoms with Crippen LogP contribution in [0.2, 0.25) is 19.6 Å². The Kier molecular flexibility index (Phi) is 5.21. The summed E-state index contributed by atoms with van der Waals surface area (Å²) < 4.78 is 3.33. The molecule has 9 nitrogen and oxygen atoms in total. The van der Waals surface area contributed by atoms with E-state index in [1.54, 1.807) is 21.5 Å². The van der Waals surface area contributed by atoms with Crippen LogP contribution in [0, 0.1) is 22.8 Å². The van der Waals surface area contributed by atoms with Crippen molar-refractivity contribution in [1.29, 1.82) is 5.26 Å². The number of anilines is 1. The van der Waals surface area contributed by atoms with E-state index in [4.69, 9.17) is 5.10 Å². The quantitative estimate of drug-likeness (QED) is 0.296. The van der Waals surface area contributed by atoms with E-state index in [2.05, 4.69) is 57.0 Å². The molecule has 1 saturated heterocycles. The minimum atomic E-state index is -1.64. The van der Waals surface area contributed by atoms with Crippen LogP contribution in [0.25, 0.3) is 22.2 Å². The van der Waals surface area contributed by atoms with Crippen molar-refractivity contribution in [3.05, 3.63) is 82.4 Å². The molecule has 0 aliphatic carbocycles. The van der Waals surface area contributed by atoms with Gasteiger partial charge in [0.1, 0.15) is 37.5 Å². The number of aromatic amines is 1. The highest BCUT2D eigenvalue weighted by Crippen LogP contribution is 2.39. The topological polar surface area (TPSA) is 108 Å². The molecule has 0 amide bonds. The zero-order valence-corrected chi connectivity index (χ0v) is 21.7. The Labute approximate surface area is 214 Å². The number of H-pyrrole nitrogens is 1. The Hall–Kier alpha value is -4.67. The third-order valence-corrected chi connectivity index (χ3v) is 7.33. The summed E-state index contributed by atoms with van der Waals surface area (Å²) in [6, 6.07) is 13.4. The number of nitriles is 1. The van der Waals surface area contributed by atoms with Crippen LogP contribution in [-0.2, 0) is 0 Å². The predicted molar refractivity (Wildman–Crippen MR) is 144 cm³/mol. The highest BCUT2D eigenvalue weighted by atomic mass is 28.3. The molecule has 1 aliphatic heterocycles. The highest BCUT2D eigenvalue weighted by Gasteiger charge is 2.37. The molecule has 1 aromatic carbocycles. The first-order valence-corrected chi connectivity index (χ1v) is 15.6. The number of benzene rings is 1. The lowest BCUT2D eigenvalue weighted by Crippen LogP contribution is -2.45. The molecule has 37 heavy (non-hydrogen) atoms. The molecule has 10 heteroatoms. The van der Waals surface area contributed by atoms with E-state index in [-0.39, 0.29) is 11.6 Å². The minimum absolute atomic E-state index is 0.167. The molecule has 1 fully saturated rings. The van der Waals surface area contributed by atoms with Crippen molar-refractivity contribution in [2.24, 2.45) is 0 Å². The average molecular weight is 505 g/mol. The van der Waals surface area contributed by atoms with E-state index >= 15 is 0 Å². The van der Waals surface area contributed by atoms with Crippen molar-refractivity contribution in [2.75, 3.05) is 11.4 Å². The van der Waals surface area contributed by atoms with Gasteiger partial charge in [-0.05, 0) is 24.6 Å². The van der Waals surface area contributed by atoms with Crippen molar-refractivity contribution < 1.29 is 0 Å². The number of hydrogen-bond acceptors (Lipinski definition) is 6. The van der Waals surface area contributed by atoms with E-state index in [0.717, 1.165) is 12.1 Å². The molecule has 5 heterocycles.